The minimum atomic E-state index is -0.274. The zero-order valence-corrected chi connectivity index (χ0v) is 10.9. The van der Waals surface area contributed by atoms with Crippen molar-refractivity contribution in [2.75, 3.05) is 4.90 Å². The number of anilines is 1. The lowest BCUT2D eigenvalue weighted by atomic mass is 10.1. The van der Waals surface area contributed by atoms with E-state index in [1.54, 1.807) is 11.1 Å². The van der Waals surface area contributed by atoms with Gasteiger partial charge in [0.05, 0.1) is 30.2 Å². The summed E-state index contributed by atoms with van der Waals surface area (Å²) in [5, 5.41) is 7.76. The molecule has 0 saturated carbocycles. The van der Waals surface area contributed by atoms with Gasteiger partial charge in [0.25, 0.3) is 0 Å². The number of aromatic nitrogens is 2. The highest BCUT2D eigenvalue weighted by Gasteiger charge is 2.39. The highest BCUT2D eigenvalue weighted by Crippen LogP contribution is 2.30. The van der Waals surface area contributed by atoms with E-state index in [1.165, 1.54) is 0 Å². The molecule has 1 aromatic heterocycles. The van der Waals surface area contributed by atoms with Gasteiger partial charge in [0.1, 0.15) is 6.10 Å². The average Bonchev–Trinajstić information content (AvgIpc) is 2.81. The fourth-order valence-corrected chi connectivity index (χ4v) is 2.54. The maximum atomic E-state index is 11.9. The number of nitrogens with zero attached hydrogens (tertiary/aromatic N) is 3. The van der Waals surface area contributed by atoms with Crippen LogP contribution in [0.4, 0.5) is 10.5 Å². The van der Waals surface area contributed by atoms with Gasteiger partial charge in [-0.15, -0.1) is 0 Å². The van der Waals surface area contributed by atoms with Crippen molar-refractivity contribution in [1.29, 1.82) is 0 Å². The number of fused-ring (bicyclic) bond motifs is 1. The van der Waals surface area contributed by atoms with Crippen molar-refractivity contribution >= 4 is 11.8 Å². The molecule has 0 aromatic carbocycles. The number of rotatable bonds is 1. The molecule has 3 atom stereocenters. The van der Waals surface area contributed by atoms with E-state index in [0.717, 1.165) is 24.5 Å². The SMILES string of the molecule is CC1OC(=O)N(c2cnn3c2CN[C@@H](C)C3)[C@H]1C. The van der Waals surface area contributed by atoms with Gasteiger partial charge in [-0.2, -0.15) is 5.10 Å². The van der Waals surface area contributed by atoms with Crippen LogP contribution in [-0.2, 0) is 17.8 Å². The average molecular weight is 250 g/mol. The van der Waals surface area contributed by atoms with Crippen molar-refractivity contribution in [1.82, 2.24) is 15.1 Å². The summed E-state index contributed by atoms with van der Waals surface area (Å²) < 4.78 is 7.22. The van der Waals surface area contributed by atoms with Gasteiger partial charge in [-0.1, -0.05) is 0 Å². The largest absolute Gasteiger partial charge is 0.444 e. The number of hydrogen-bond donors (Lipinski definition) is 1. The van der Waals surface area contributed by atoms with Crippen molar-refractivity contribution in [2.24, 2.45) is 0 Å². The summed E-state index contributed by atoms with van der Waals surface area (Å²) in [5.74, 6) is 0. The Morgan fingerprint density at radius 1 is 1.44 bits per heavy atom. The summed E-state index contributed by atoms with van der Waals surface area (Å²) in [6.07, 6.45) is 1.41. The standard InChI is InChI=1S/C12H18N4O2/c1-7-6-15-10(4-13-7)11(5-14-15)16-8(2)9(3)18-12(16)17/h5,7-9,13H,4,6H2,1-3H3/t7-,8-,9?/m0/s1. The van der Waals surface area contributed by atoms with Gasteiger partial charge in [0, 0.05) is 12.6 Å². The van der Waals surface area contributed by atoms with Crippen molar-refractivity contribution in [3.05, 3.63) is 11.9 Å². The first-order valence-electron chi connectivity index (χ1n) is 6.36. The van der Waals surface area contributed by atoms with Crippen molar-refractivity contribution < 1.29 is 9.53 Å². The fraction of sp³-hybridized carbons (Fsp3) is 0.667. The lowest BCUT2D eigenvalue weighted by Crippen LogP contribution is -2.39. The van der Waals surface area contributed by atoms with Crippen LogP contribution >= 0.6 is 0 Å². The molecule has 3 rings (SSSR count). The monoisotopic (exact) mass is 250 g/mol. The van der Waals surface area contributed by atoms with Gasteiger partial charge in [0.15, 0.2) is 0 Å². The summed E-state index contributed by atoms with van der Waals surface area (Å²) in [6, 6.07) is 0.456. The first kappa shape index (κ1) is 11.5. The van der Waals surface area contributed by atoms with Crippen LogP contribution in [0.15, 0.2) is 6.20 Å². The van der Waals surface area contributed by atoms with Crippen molar-refractivity contribution in [3.8, 4) is 0 Å². The van der Waals surface area contributed by atoms with Crippen molar-refractivity contribution in [3.63, 3.8) is 0 Å². The molecule has 3 heterocycles. The molecule has 0 aliphatic carbocycles. The summed E-state index contributed by atoms with van der Waals surface area (Å²) in [7, 11) is 0. The Hall–Kier alpha value is -1.56. The molecule has 1 aromatic rings. The molecule has 0 radical (unpaired) electrons. The second-order valence-corrected chi connectivity index (χ2v) is 5.14. The van der Waals surface area contributed by atoms with Crippen molar-refractivity contribution in [2.45, 2.75) is 52.0 Å². The van der Waals surface area contributed by atoms with Gasteiger partial charge in [-0.25, -0.2) is 4.79 Å². The topological polar surface area (TPSA) is 59.4 Å². The third-order valence-electron chi connectivity index (χ3n) is 3.82. The minimum Gasteiger partial charge on any atom is -0.444 e. The molecule has 6 nitrogen and oxygen atoms in total. The quantitative estimate of drug-likeness (QED) is 0.811. The maximum absolute atomic E-state index is 11.9. The Kier molecular flexibility index (Phi) is 2.55. The molecule has 18 heavy (non-hydrogen) atoms. The second kappa shape index (κ2) is 3.98. The van der Waals surface area contributed by atoms with Gasteiger partial charge in [0.2, 0.25) is 0 Å². The predicted octanol–water partition coefficient (Wildman–Crippen LogP) is 1.11. The molecule has 1 unspecified atom stereocenters. The van der Waals surface area contributed by atoms with Crippen LogP contribution in [0.2, 0.25) is 0 Å². The molecule has 0 bridgehead atoms. The highest BCUT2D eigenvalue weighted by molar-refractivity contribution is 5.91. The van der Waals surface area contributed by atoms with E-state index in [0.29, 0.717) is 6.04 Å². The number of nitrogens with one attached hydrogen (secondary N) is 1. The summed E-state index contributed by atoms with van der Waals surface area (Å²) in [5.41, 5.74) is 1.93. The number of hydrogen-bond acceptors (Lipinski definition) is 4. The number of amides is 1. The number of carbonyl (C=O) groups excluding carboxylic acids is 1. The van der Waals surface area contributed by atoms with Crippen LogP contribution in [0.3, 0.4) is 0 Å². The van der Waals surface area contributed by atoms with Crippen LogP contribution in [-0.4, -0.2) is 34.1 Å². The molecule has 1 N–H and O–H groups in total. The first-order chi connectivity index (χ1) is 8.58. The highest BCUT2D eigenvalue weighted by atomic mass is 16.6. The van der Waals surface area contributed by atoms with E-state index in [1.807, 2.05) is 18.5 Å². The molecule has 0 spiro atoms. The maximum Gasteiger partial charge on any atom is 0.415 e. The minimum absolute atomic E-state index is 0.0470. The normalized spacial score (nSPS) is 31.4. The Labute approximate surface area is 106 Å². The third-order valence-corrected chi connectivity index (χ3v) is 3.82. The number of cyclic esters (lactones) is 1. The Bertz CT molecular complexity index is 484. The van der Waals surface area contributed by atoms with E-state index in [4.69, 9.17) is 4.74 Å². The smallest absolute Gasteiger partial charge is 0.415 e. The predicted molar refractivity (Wildman–Crippen MR) is 66.4 cm³/mol. The molecule has 2 aliphatic rings. The lowest BCUT2D eigenvalue weighted by molar-refractivity contribution is 0.143. The first-order valence-corrected chi connectivity index (χ1v) is 6.36. The molecule has 6 heteroatoms. The lowest BCUT2D eigenvalue weighted by Gasteiger charge is -2.25. The molecule has 1 amide bonds. The van der Waals surface area contributed by atoms with Gasteiger partial charge >= 0.3 is 6.09 Å². The van der Waals surface area contributed by atoms with Crippen LogP contribution in [0.5, 0.6) is 0 Å². The molecule has 1 fully saturated rings. The van der Waals surface area contributed by atoms with Gasteiger partial charge in [-0.3, -0.25) is 9.58 Å². The van der Waals surface area contributed by atoms with E-state index in [9.17, 15) is 4.79 Å². The fourth-order valence-electron chi connectivity index (χ4n) is 2.54. The van der Waals surface area contributed by atoms with Crippen LogP contribution in [0.25, 0.3) is 0 Å². The Balaban J connectivity index is 1.96. The third kappa shape index (κ3) is 1.59. The van der Waals surface area contributed by atoms with Crippen LogP contribution in [0, 0.1) is 0 Å². The summed E-state index contributed by atoms with van der Waals surface area (Å²) in [6.45, 7) is 7.61. The van der Waals surface area contributed by atoms with E-state index in [2.05, 4.69) is 17.3 Å². The zero-order valence-electron chi connectivity index (χ0n) is 10.9. The number of carbonyl (C=O) groups is 1. The number of ether oxygens (including phenoxy) is 1. The van der Waals surface area contributed by atoms with Crippen LogP contribution in [0.1, 0.15) is 26.5 Å². The Morgan fingerprint density at radius 2 is 2.22 bits per heavy atom. The van der Waals surface area contributed by atoms with E-state index in [-0.39, 0.29) is 18.2 Å². The van der Waals surface area contributed by atoms with E-state index >= 15 is 0 Å². The van der Waals surface area contributed by atoms with E-state index < -0.39 is 0 Å². The van der Waals surface area contributed by atoms with Gasteiger partial charge < -0.3 is 10.1 Å². The molecular weight excluding hydrogens is 232 g/mol. The molecule has 2 aliphatic heterocycles. The molecular formula is C12H18N4O2. The summed E-state index contributed by atoms with van der Waals surface area (Å²) in [4.78, 5) is 13.6. The van der Waals surface area contributed by atoms with Crippen LogP contribution < -0.4 is 10.2 Å². The Morgan fingerprint density at radius 3 is 2.89 bits per heavy atom. The molecule has 98 valence electrons. The van der Waals surface area contributed by atoms with Gasteiger partial charge in [-0.05, 0) is 20.8 Å². The molecule has 1 saturated heterocycles. The zero-order chi connectivity index (χ0) is 12.9. The summed E-state index contributed by atoms with van der Waals surface area (Å²) >= 11 is 0. The second-order valence-electron chi connectivity index (χ2n) is 5.14.